The fourth-order valence-electron chi connectivity index (χ4n) is 0.794. The zero-order valence-corrected chi connectivity index (χ0v) is 8.90. The predicted molar refractivity (Wildman–Crippen MR) is 59.0 cm³/mol. The summed E-state index contributed by atoms with van der Waals surface area (Å²) in [5, 5.41) is 0. The standard InChI is InChI=1S/C12H18O2/c1-3-5-6-7-8-9-10-11-12(13)14-4-2/h6-11H,3-5H2,1-2H3/b7-6-,9-8-,11-10+. The second kappa shape index (κ2) is 9.78. The lowest BCUT2D eigenvalue weighted by molar-refractivity contribution is -0.137. The van der Waals surface area contributed by atoms with E-state index in [1.165, 1.54) is 6.08 Å². The molecule has 0 spiro atoms. The minimum Gasteiger partial charge on any atom is -0.463 e. The smallest absolute Gasteiger partial charge is 0.330 e. The van der Waals surface area contributed by atoms with Crippen LogP contribution in [0.15, 0.2) is 36.5 Å². The Morgan fingerprint density at radius 2 is 1.86 bits per heavy atom. The first-order valence-corrected chi connectivity index (χ1v) is 4.97. The van der Waals surface area contributed by atoms with Crippen molar-refractivity contribution in [2.45, 2.75) is 26.7 Å². The van der Waals surface area contributed by atoms with Crippen LogP contribution in [0.5, 0.6) is 0 Å². The van der Waals surface area contributed by atoms with Crippen LogP contribution in [0.25, 0.3) is 0 Å². The van der Waals surface area contributed by atoms with Gasteiger partial charge >= 0.3 is 5.97 Å². The van der Waals surface area contributed by atoms with Crippen molar-refractivity contribution in [3.8, 4) is 0 Å². The Labute approximate surface area is 86.0 Å². The van der Waals surface area contributed by atoms with Crippen molar-refractivity contribution < 1.29 is 9.53 Å². The molecule has 0 atom stereocenters. The van der Waals surface area contributed by atoms with Crippen LogP contribution in [-0.4, -0.2) is 12.6 Å². The summed E-state index contributed by atoms with van der Waals surface area (Å²) in [5.74, 6) is -0.297. The Kier molecular flexibility index (Phi) is 8.86. The lowest BCUT2D eigenvalue weighted by atomic mass is 10.3. The van der Waals surface area contributed by atoms with Gasteiger partial charge < -0.3 is 4.74 Å². The highest BCUT2D eigenvalue weighted by molar-refractivity contribution is 5.82. The minimum absolute atomic E-state index is 0.297. The number of hydrogen-bond acceptors (Lipinski definition) is 2. The Bertz CT molecular complexity index is 224. The molecule has 2 nitrogen and oxygen atoms in total. The molecule has 0 rings (SSSR count). The molecule has 0 aliphatic carbocycles. The lowest BCUT2D eigenvalue weighted by Gasteiger charge is -1.92. The summed E-state index contributed by atoms with van der Waals surface area (Å²) in [4.78, 5) is 10.8. The lowest BCUT2D eigenvalue weighted by Crippen LogP contribution is -1.98. The van der Waals surface area contributed by atoms with Crippen LogP contribution in [0.4, 0.5) is 0 Å². The number of rotatable bonds is 6. The number of allylic oxidation sites excluding steroid dienone is 5. The maximum Gasteiger partial charge on any atom is 0.330 e. The summed E-state index contributed by atoms with van der Waals surface area (Å²) in [6.07, 6.45) is 13.1. The fraction of sp³-hybridized carbons (Fsp3) is 0.417. The summed E-state index contributed by atoms with van der Waals surface area (Å²) in [7, 11) is 0. The van der Waals surface area contributed by atoms with Gasteiger partial charge in [0.1, 0.15) is 0 Å². The van der Waals surface area contributed by atoms with Crippen molar-refractivity contribution in [2.75, 3.05) is 6.61 Å². The highest BCUT2D eigenvalue weighted by atomic mass is 16.5. The highest BCUT2D eigenvalue weighted by Gasteiger charge is 1.89. The molecule has 0 radical (unpaired) electrons. The van der Waals surface area contributed by atoms with Gasteiger partial charge in [0.05, 0.1) is 6.61 Å². The summed E-state index contributed by atoms with van der Waals surface area (Å²) < 4.78 is 4.71. The van der Waals surface area contributed by atoms with Gasteiger partial charge in [0.15, 0.2) is 0 Å². The average molecular weight is 194 g/mol. The van der Waals surface area contributed by atoms with Crippen LogP contribution in [0.3, 0.4) is 0 Å². The molecule has 0 heterocycles. The second-order valence-corrected chi connectivity index (χ2v) is 2.71. The molecule has 0 saturated heterocycles. The number of ether oxygens (including phenoxy) is 1. The Balaban J connectivity index is 3.64. The van der Waals surface area contributed by atoms with Gasteiger partial charge in [0.25, 0.3) is 0 Å². The third-order valence-electron chi connectivity index (χ3n) is 1.44. The van der Waals surface area contributed by atoms with Crippen molar-refractivity contribution in [1.82, 2.24) is 0 Å². The number of unbranched alkanes of at least 4 members (excludes halogenated alkanes) is 1. The van der Waals surface area contributed by atoms with Gasteiger partial charge in [-0.25, -0.2) is 4.79 Å². The van der Waals surface area contributed by atoms with E-state index in [4.69, 9.17) is 4.74 Å². The van der Waals surface area contributed by atoms with Gasteiger partial charge in [0, 0.05) is 6.08 Å². The topological polar surface area (TPSA) is 26.3 Å². The molecular formula is C12H18O2. The molecule has 0 aromatic heterocycles. The second-order valence-electron chi connectivity index (χ2n) is 2.71. The van der Waals surface area contributed by atoms with Gasteiger partial charge in [-0.15, -0.1) is 0 Å². The molecule has 78 valence electrons. The van der Waals surface area contributed by atoms with Crippen molar-refractivity contribution in [3.05, 3.63) is 36.5 Å². The maximum absolute atomic E-state index is 10.8. The molecule has 0 aliphatic rings. The van der Waals surface area contributed by atoms with Crippen molar-refractivity contribution in [3.63, 3.8) is 0 Å². The van der Waals surface area contributed by atoms with E-state index in [0.717, 1.165) is 12.8 Å². The number of carbonyl (C=O) groups excluding carboxylic acids is 1. The van der Waals surface area contributed by atoms with E-state index < -0.39 is 0 Å². The van der Waals surface area contributed by atoms with E-state index in [1.54, 1.807) is 13.0 Å². The zero-order valence-electron chi connectivity index (χ0n) is 8.90. The van der Waals surface area contributed by atoms with Crippen molar-refractivity contribution in [2.24, 2.45) is 0 Å². The van der Waals surface area contributed by atoms with Gasteiger partial charge in [0.2, 0.25) is 0 Å². The van der Waals surface area contributed by atoms with Crippen molar-refractivity contribution in [1.29, 1.82) is 0 Å². The van der Waals surface area contributed by atoms with Gasteiger partial charge in [-0.2, -0.15) is 0 Å². The van der Waals surface area contributed by atoms with Gasteiger partial charge in [-0.3, -0.25) is 0 Å². The summed E-state index contributed by atoms with van der Waals surface area (Å²) in [6, 6.07) is 0. The molecule has 0 aromatic carbocycles. The molecule has 0 aromatic rings. The van der Waals surface area contributed by atoms with Crippen molar-refractivity contribution >= 4 is 5.97 Å². The largest absolute Gasteiger partial charge is 0.463 e. The van der Waals surface area contributed by atoms with Crippen LogP contribution in [-0.2, 0) is 9.53 Å². The summed E-state index contributed by atoms with van der Waals surface area (Å²) in [5.41, 5.74) is 0. The van der Waals surface area contributed by atoms with E-state index >= 15 is 0 Å². The Hall–Kier alpha value is -1.31. The Morgan fingerprint density at radius 3 is 2.50 bits per heavy atom. The summed E-state index contributed by atoms with van der Waals surface area (Å²) in [6.45, 7) is 4.34. The molecule has 0 unspecified atom stereocenters. The van der Waals surface area contributed by atoms with E-state index in [2.05, 4.69) is 13.0 Å². The van der Waals surface area contributed by atoms with E-state index in [-0.39, 0.29) is 5.97 Å². The SMILES string of the molecule is CCC\C=C/C=C\C=C\C(=O)OCC. The molecule has 0 bridgehead atoms. The molecule has 0 aliphatic heterocycles. The molecule has 0 amide bonds. The maximum atomic E-state index is 10.8. The highest BCUT2D eigenvalue weighted by Crippen LogP contribution is 1.89. The first-order chi connectivity index (χ1) is 6.81. The molecule has 2 heteroatoms. The third-order valence-corrected chi connectivity index (χ3v) is 1.44. The molecule has 0 fully saturated rings. The Morgan fingerprint density at radius 1 is 1.14 bits per heavy atom. The fourth-order valence-corrected chi connectivity index (χ4v) is 0.794. The number of hydrogen-bond donors (Lipinski definition) is 0. The van der Waals surface area contributed by atoms with Gasteiger partial charge in [-0.05, 0) is 13.3 Å². The average Bonchev–Trinajstić information content (AvgIpc) is 2.17. The number of carbonyl (C=O) groups is 1. The van der Waals surface area contributed by atoms with E-state index in [9.17, 15) is 4.79 Å². The molecule has 0 N–H and O–H groups in total. The number of esters is 1. The first-order valence-electron chi connectivity index (χ1n) is 4.97. The quantitative estimate of drug-likeness (QED) is 0.369. The first kappa shape index (κ1) is 12.7. The van der Waals surface area contributed by atoms with Crippen LogP contribution in [0.2, 0.25) is 0 Å². The zero-order chi connectivity index (χ0) is 10.6. The predicted octanol–water partition coefficient (Wildman–Crippen LogP) is 3.02. The third kappa shape index (κ3) is 8.78. The van der Waals surface area contributed by atoms with Crippen LogP contribution >= 0.6 is 0 Å². The molecular weight excluding hydrogens is 176 g/mol. The monoisotopic (exact) mass is 194 g/mol. The minimum atomic E-state index is -0.297. The summed E-state index contributed by atoms with van der Waals surface area (Å²) >= 11 is 0. The molecule has 14 heavy (non-hydrogen) atoms. The van der Waals surface area contributed by atoms with E-state index in [1.807, 2.05) is 18.2 Å². The van der Waals surface area contributed by atoms with Crippen LogP contribution in [0, 0.1) is 0 Å². The normalized spacial score (nSPS) is 11.9. The molecule has 0 saturated carbocycles. The van der Waals surface area contributed by atoms with Crippen LogP contribution < -0.4 is 0 Å². The van der Waals surface area contributed by atoms with Gasteiger partial charge in [-0.1, -0.05) is 43.7 Å². The van der Waals surface area contributed by atoms with E-state index in [0.29, 0.717) is 6.61 Å². The van der Waals surface area contributed by atoms with Crippen LogP contribution in [0.1, 0.15) is 26.7 Å².